The van der Waals surface area contributed by atoms with E-state index in [1.165, 1.54) is 4.90 Å². The van der Waals surface area contributed by atoms with E-state index in [9.17, 15) is 9.59 Å². The minimum Gasteiger partial charge on any atom is -0.480 e. The van der Waals surface area contributed by atoms with Crippen molar-refractivity contribution in [2.24, 2.45) is 0 Å². The first-order valence-electron chi connectivity index (χ1n) is 4.40. The summed E-state index contributed by atoms with van der Waals surface area (Å²) in [6, 6.07) is -0.681. The Morgan fingerprint density at radius 3 is 2.71 bits per heavy atom. The number of thiol groups is 1. The van der Waals surface area contributed by atoms with Crippen LogP contribution in [0.15, 0.2) is 12.2 Å². The number of likely N-dealkylation sites (tertiary alicyclic amines) is 1. The molecule has 0 aromatic rings. The zero-order chi connectivity index (χ0) is 10.7. The summed E-state index contributed by atoms with van der Waals surface area (Å²) in [5.41, 5.74) is 0.349. The van der Waals surface area contributed by atoms with Crippen LogP contribution in [0.5, 0.6) is 0 Å². The molecule has 0 aromatic carbocycles. The number of carbonyl (C=O) groups is 2. The lowest BCUT2D eigenvalue weighted by atomic mass is 10.2. The number of aliphatic carboxylic acids is 1. The largest absolute Gasteiger partial charge is 0.480 e. The Labute approximate surface area is 88.0 Å². The molecule has 1 atom stereocenters. The first-order chi connectivity index (χ1) is 6.57. The number of carboxylic acid groups (broad SMARTS) is 1. The average molecular weight is 215 g/mol. The van der Waals surface area contributed by atoms with Crippen LogP contribution in [0.25, 0.3) is 0 Å². The molecule has 0 radical (unpaired) electrons. The van der Waals surface area contributed by atoms with Crippen LogP contribution in [0.1, 0.15) is 12.8 Å². The Morgan fingerprint density at radius 2 is 2.21 bits per heavy atom. The molecule has 1 aliphatic rings. The minimum absolute atomic E-state index is 0.266. The molecule has 1 N–H and O–H groups in total. The quantitative estimate of drug-likeness (QED) is 0.534. The van der Waals surface area contributed by atoms with Crippen LogP contribution >= 0.6 is 12.6 Å². The molecule has 1 saturated heterocycles. The van der Waals surface area contributed by atoms with E-state index in [2.05, 4.69) is 19.2 Å². The summed E-state index contributed by atoms with van der Waals surface area (Å²) in [6.45, 7) is 4.05. The number of carbonyl (C=O) groups excluding carboxylic acids is 1. The summed E-state index contributed by atoms with van der Waals surface area (Å²) in [5.74, 6) is -0.963. The highest BCUT2D eigenvalue weighted by Crippen LogP contribution is 2.19. The summed E-state index contributed by atoms with van der Waals surface area (Å²) in [4.78, 5) is 23.8. The molecule has 1 fully saturated rings. The van der Waals surface area contributed by atoms with Crippen molar-refractivity contribution in [3.8, 4) is 0 Å². The average Bonchev–Trinajstić information content (AvgIpc) is 2.63. The van der Waals surface area contributed by atoms with Crippen LogP contribution in [0.2, 0.25) is 0 Å². The van der Waals surface area contributed by atoms with E-state index in [4.69, 9.17) is 5.11 Å². The fourth-order valence-electron chi connectivity index (χ4n) is 1.54. The lowest BCUT2D eigenvalue weighted by molar-refractivity contribution is -0.146. The summed E-state index contributed by atoms with van der Waals surface area (Å²) in [7, 11) is 0. The number of nitrogens with zero attached hydrogens (tertiary/aromatic N) is 1. The predicted octanol–water partition coefficient (Wildman–Crippen LogP) is 0.548. The second-order valence-electron chi connectivity index (χ2n) is 3.26. The van der Waals surface area contributed by atoms with Crippen LogP contribution in [-0.2, 0) is 9.59 Å². The van der Waals surface area contributed by atoms with Crippen molar-refractivity contribution in [3.63, 3.8) is 0 Å². The molecule has 0 aliphatic carbocycles. The van der Waals surface area contributed by atoms with Crippen molar-refractivity contribution in [1.29, 1.82) is 0 Å². The summed E-state index contributed by atoms with van der Waals surface area (Å²) >= 11 is 3.93. The van der Waals surface area contributed by atoms with Crippen LogP contribution in [0.4, 0.5) is 0 Å². The maximum atomic E-state index is 11.6. The van der Waals surface area contributed by atoms with Gasteiger partial charge in [-0.05, 0) is 12.8 Å². The molecule has 5 heteroatoms. The van der Waals surface area contributed by atoms with Gasteiger partial charge in [-0.2, -0.15) is 12.6 Å². The van der Waals surface area contributed by atoms with E-state index in [0.717, 1.165) is 6.42 Å². The first-order valence-corrected chi connectivity index (χ1v) is 5.03. The number of hydrogen-bond acceptors (Lipinski definition) is 3. The van der Waals surface area contributed by atoms with E-state index in [-0.39, 0.29) is 11.7 Å². The van der Waals surface area contributed by atoms with Gasteiger partial charge in [0.25, 0.3) is 5.91 Å². The lowest BCUT2D eigenvalue weighted by Gasteiger charge is -2.21. The molecule has 14 heavy (non-hydrogen) atoms. The minimum atomic E-state index is -0.942. The fraction of sp³-hybridized carbons (Fsp3) is 0.556. The van der Waals surface area contributed by atoms with Gasteiger partial charge in [-0.15, -0.1) is 0 Å². The zero-order valence-electron chi connectivity index (χ0n) is 7.77. The molecule has 1 heterocycles. The predicted molar refractivity (Wildman–Crippen MR) is 55.4 cm³/mol. The number of amides is 1. The molecule has 78 valence electrons. The Morgan fingerprint density at radius 1 is 1.57 bits per heavy atom. The third kappa shape index (κ3) is 2.09. The Balaban J connectivity index is 2.72. The van der Waals surface area contributed by atoms with Gasteiger partial charge in [-0.25, -0.2) is 4.79 Å². The fourth-order valence-corrected chi connectivity index (χ4v) is 1.67. The molecular weight excluding hydrogens is 202 g/mol. The van der Waals surface area contributed by atoms with Crippen molar-refractivity contribution < 1.29 is 14.7 Å². The molecule has 4 nitrogen and oxygen atoms in total. The monoisotopic (exact) mass is 215 g/mol. The van der Waals surface area contributed by atoms with Crippen molar-refractivity contribution in [3.05, 3.63) is 12.2 Å². The lowest BCUT2D eigenvalue weighted by Crippen LogP contribution is -2.41. The van der Waals surface area contributed by atoms with E-state index in [1.54, 1.807) is 0 Å². The van der Waals surface area contributed by atoms with Gasteiger partial charge in [-0.3, -0.25) is 4.79 Å². The van der Waals surface area contributed by atoms with E-state index in [1.807, 2.05) is 0 Å². The number of carboxylic acids is 1. The van der Waals surface area contributed by atoms with Crippen molar-refractivity contribution >= 4 is 24.5 Å². The molecule has 1 amide bonds. The van der Waals surface area contributed by atoms with Gasteiger partial charge in [0.1, 0.15) is 6.04 Å². The van der Waals surface area contributed by atoms with Crippen molar-refractivity contribution in [2.75, 3.05) is 12.3 Å². The Bertz CT molecular complexity index is 277. The number of hydrogen-bond donors (Lipinski definition) is 2. The molecule has 1 rings (SSSR count). The third-order valence-corrected chi connectivity index (χ3v) is 2.67. The van der Waals surface area contributed by atoms with Gasteiger partial charge in [0.05, 0.1) is 0 Å². The van der Waals surface area contributed by atoms with Crippen molar-refractivity contribution in [1.82, 2.24) is 4.90 Å². The molecule has 0 saturated carbocycles. The topological polar surface area (TPSA) is 57.6 Å². The van der Waals surface area contributed by atoms with Crippen molar-refractivity contribution in [2.45, 2.75) is 18.9 Å². The molecule has 0 bridgehead atoms. The summed E-state index contributed by atoms with van der Waals surface area (Å²) in [5, 5.41) is 8.84. The second-order valence-corrected chi connectivity index (χ2v) is 3.57. The van der Waals surface area contributed by atoms with Crippen LogP contribution in [0.3, 0.4) is 0 Å². The second kappa shape index (κ2) is 4.50. The third-order valence-electron chi connectivity index (χ3n) is 2.29. The maximum Gasteiger partial charge on any atom is 0.326 e. The highest BCUT2D eigenvalue weighted by atomic mass is 32.1. The van der Waals surface area contributed by atoms with Crippen LogP contribution < -0.4 is 0 Å². The van der Waals surface area contributed by atoms with Gasteiger partial charge in [0.2, 0.25) is 0 Å². The Kier molecular flexibility index (Phi) is 3.57. The van der Waals surface area contributed by atoms with Crippen LogP contribution in [0, 0.1) is 0 Å². The maximum absolute atomic E-state index is 11.6. The highest BCUT2D eigenvalue weighted by molar-refractivity contribution is 7.80. The molecule has 0 unspecified atom stereocenters. The normalized spacial score (nSPS) is 20.9. The SMILES string of the molecule is C=C(CS)C(=O)N1CCC[C@H]1C(=O)O. The summed E-state index contributed by atoms with van der Waals surface area (Å²) < 4.78 is 0. The molecule has 0 spiro atoms. The van der Waals surface area contributed by atoms with Crippen LogP contribution in [-0.4, -0.2) is 40.2 Å². The summed E-state index contributed by atoms with van der Waals surface area (Å²) in [6.07, 6.45) is 1.27. The van der Waals surface area contributed by atoms with E-state index >= 15 is 0 Å². The van der Waals surface area contributed by atoms with Gasteiger partial charge in [0, 0.05) is 17.9 Å². The van der Waals surface area contributed by atoms with Gasteiger partial charge in [0.15, 0.2) is 0 Å². The smallest absolute Gasteiger partial charge is 0.326 e. The Hall–Kier alpha value is -0.970. The van der Waals surface area contributed by atoms with E-state index in [0.29, 0.717) is 18.5 Å². The van der Waals surface area contributed by atoms with Gasteiger partial charge < -0.3 is 10.0 Å². The molecular formula is C9H13NO3S. The standard InChI is InChI=1S/C9H13NO3S/c1-6(5-14)8(11)10-4-2-3-7(10)9(12)13/h7,14H,1-5H2,(H,12,13)/t7-/m0/s1. The first kappa shape index (κ1) is 11.1. The molecule has 0 aromatic heterocycles. The highest BCUT2D eigenvalue weighted by Gasteiger charge is 2.34. The number of rotatable bonds is 3. The zero-order valence-corrected chi connectivity index (χ0v) is 8.67. The van der Waals surface area contributed by atoms with Gasteiger partial charge in [-0.1, -0.05) is 6.58 Å². The van der Waals surface area contributed by atoms with Gasteiger partial charge >= 0.3 is 5.97 Å². The van der Waals surface area contributed by atoms with E-state index < -0.39 is 12.0 Å². The molecule has 1 aliphatic heterocycles.